The number of hydrogen-bond donors (Lipinski definition) is 2. The summed E-state index contributed by atoms with van der Waals surface area (Å²) in [5.41, 5.74) is 7.61. The predicted octanol–water partition coefficient (Wildman–Crippen LogP) is 2.66. The van der Waals surface area contributed by atoms with E-state index in [4.69, 9.17) is 5.73 Å². The number of nitrogens with two attached hydrogens (primary N) is 1. The average Bonchev–Trinajstić information content (AvgIpc) is 2.90. The molecular weight excluding hydrogens is 352 g/mol. The molecule has 1 heterocycles. The Morgan fingerprint density at radius 3 is 2.12 bits per heavy atom. The first-order valence-electron chi connectivity index (χ1n) is 9.19. The van der Waals surface area contributed by atoms with Crippen molar-refractivity contribution in [1.29, 1.82) is 0 Å². The van der Waals surface area contributed by atoms with Crippen molar-refractivity contribution in [2.75, 3.05) is 6.54 Å². The molecule has 0 aliphatic carbocycles. The SMILES string of the molecule is CCCn1c(=O)n(CCC(=O)NCC(N)(CC)CC)c2ccccc21.Cl. The van der Waals surface area contributed by atoms with Gasteiger partial charge in [-0.3, -0.25) is 13.9 Å². The van der Waals surface area contributed by atoms with Gasteiger partial charge in [0.15, 0.2) is 0 Å². The number of halogens is 1. The summed E-state index contributed by atoms with van der Waals surface area (Å²) in [5, 5.41) is 2.91. The van der Waals surface area contributed by atoms with Gasteiger partial charge in [-0.15, -0.1) is 12.4 Å². The summed E-state index contributed by atoms with van der Waals surface area (Å²) in [5.74, 6) is -0.0732. The molecule has 0 aliphatic rings. The molecule has 1 aromatic carbocycles. The number of nitrogens with zero attached hydrogens (tertiary/aromatic N) is 2. The van der Waals surface area contributed by atoms with Crippen molar-refractivity contribution in [3.05, 3.63) is 34.7 Å². The van der Waals surface area contributed by atoms with Gasteiger partial charge in [-0.1, -0.05) is 32.9 Å². The lowest BCUT2D eigenvalue weighted by molar-refractivity contribution is -0.121. The Labute approximate surface area is 161 Å². The quantitative estimate of drug-likeness (QED) is 0.699. The molecule has 26 heavy (non-hydrogen) atoms. The highest BCUT2D eigenvalue weighted by molar-refractivity contribution is 5.85. The lowest BCUT2D eigenvalue weighted by atomic mass is 9.94. The summed E-state index contributed by atoms with van der Waals surface area (Å²) in [4.78, 5) is 24.9. The fraction of sp³-hybridized carbons (Fsp3) is 0.579. The number of carbonyl (C=O) groups excluding carboxylic acids is 1. The number of aryl methyl sites for hydroxylation is 2. The number of amides is 1. The van der Waals surface area contributed by atoms with Gasteiger partial charge in [0.1, 0.15) is 0 Å². The van der Waals surface area contributed by atoms with E-state index in [-0.39, 0.29) is 36.0 Å². The first-order valence-corrected chi connectivity index (χ1v) is 9.19. The number of rotatable bonds is 9. The van der Waals surface area contributed by atoms with E-state index in [0.29, 0.717) is 19.6 Å². The minimum atomic E-state index is -0.357. The number of para-hydroxylation sites is 2. The molecule has 0 bridgehead atoms. The van der Waals surface area contributed by atoms with E-state index < -0.39 is 0 Å². The molecule has 7 heteroatoms. The highest BCUT2D eigenvalue weighted by atomic mass is 35.5. The summed E-state index contributed by atoms with van der Waals surface area (Å²) in [6.07, 6.45) is 2.78. The summed E-state index contributed by atoms with van der Waals surface area (Å²) in [6.45, 7) is 7.62. The van der Waals surface area contributed by atoms with Crippen LogP contribution in [0.5, 0.6) is 0 Å². The van der Waals surface area contributed by atoms with E-state index in [1.807, 2.05) is 45.0 Å². The predicted molar refractivity (Wildman–Crippen MR) is 109 cm³/mol. The van der Waals surface area contributed by atoms with Crippen LogP contribution in [0.15, 0.2) is 29.1 Å². The first kappa shape index (κ1) is 22.3. The Balaban J connectivity index is 0.00000338. The van der Waals surface area contributed by atoms with E-state index in [1.54, 1.807) is 9.13 Å². The zero-order chi connectivity index (χ0) is 18.4. The Morgan fingerprint density at radius 1 is 1.08 bits per heavy atom. The van der Waals surface area contributed by atoms with E-state index >= 15 is 0 Å². The van der Waals surface area contributed by atoms with Gasteiger partial charge in [0.2, 0.25) is 5.91 Å². The molecule has 0 saturated carbocycles. The molecule has 0 unspecified atom stereocenters. The zero-order valence-electron chi connectivity index (χ0n) is 16.0. The van der Waals surface area contributed by atoms with Crippen LogP contribution in [0.3, 0.4) is 0 Å². The van der Waals surface area contributed by atoms with Crippen molar-refractivity contribution < 1.29 is 4.79 Å². The standard InChI is InChI=1S/C19H30N4O2.ClH/c1-4-12-22-15-9-7-8-10-16(15)23(18(22)25)13-11-17(24)21-14-19(20,5-2)6-3;/h7-10H,4-6,11-14,20H2,1-3H3,(H,21,24);1H. The van der Waals surface area contributed by atoms with Crippen molar-refractivity contribution in [3.63, 3.8) is 0 Å². The molecule has 1 amide bonds. The Bertz CT molecular complexity index is 777. The number of imidazole rings is 1. The molecule has 2 aromatic rings. The lowest BCUT2D eigenvalue weighted by Crippen LogP contribution is -2.49. The van der Waals surface area contributed by atoms with Crippen LogP contribution in [-0.2, 0) is 17.9 Å². The third-order valence-electron chi connectivity index (χ3n) is 4.98. The molecule has 3 N–H and O–H groups in total. The van der Waals surface area contributed by atoms with Crippen LogP contribution in [-0.4, -0.2) is 27.1 Å². The molecule has 146 valence electrons. The number of carbonyl (C=O) groups is 1. The second-order valence-electron chi connectivity index (χ2n) is 6.67. The fourth-order valence-electron chi connectivity index (χ4n) is 3.00. The van der Waals surface area contributed by atoms with Crippen LogP contribution in [0.4, 0.5) is 0 Å². The highest BCUT2D eigenvalue weighted by Gasteiger charge is 2.21. The summed E-state index contributed by atoms with van der Waals surface area (Å²) < 4.78 is 3.48. The molecule has 0 fully saturated rings. The van der Waals surface area contributed by atoms with Crippen LogP contribution in [0, 0.1) is 0 Å². The Hall–Kier alpha value is -1.79. The maximum atomic E-state index is 12.7. The van der Waals surface area contributed by atoms with Crippen molar-refractivity contribution in [3.8, 4) is 0 Å². The summed E-state index contributed by atoms with van der Waals surface area (Å²) in [6, 6.07) is 7.73. The molecule has 1 aromatic heterocycles. The minimum absolute atomic E-state index is 0. The molecule has 0 aliphatic heterocycles. The maximum Gasteiger partial charge on any atom is 0.329 e. The number of fused-ring (bicyclic) bond motifs is 1. The topological polar surface area (TPSA) is 82.0 Å². The van der Waals surface area contributed by atoms with E-state index in [1.165, 1.54) is 0 Å². The van der Waals surface area contributed by atoms with Gasteiger partial charge >= 0.3 is 5.69 Å². The number of aromatic nitrogens is 2. The van der Waals surface area contributed by atoms with Gasteiger partial charge in [-0.2, -0.15) is 0 Å². The summed E-state index contributed by atoms with van der Waals surface area (Å²) >= 11 is 0. The summed E-state index contributed by atoms with van der Waals surface area (Å²) in [7, 11) is 0. The molecular formula is C19H31ClN4O2. The number of nitrogens with one attached hydrogen (secondary N) is 1. The van der Waals surface area contributed by atoms with Gasteiger partial charge in [0.25, 0.3) is 0 Å². The van der Waals surface area contributed by atoms with Crippen LogP contribution < -0.4 is 16.7 Å². The number of hydrogen-bond acceptors (Lipinski definition) is 3. The van der Waals surface area contributed by atoms with Gasteiger partial charge in [-0.25, -0.2) is 4.79 Å². The van der Waals surface area contributed by atoms with E-state index in [0.717, 1.165) is 30.3 Å². The van der Waals surface area contributed by atoms with Crippen LogP contribution >= 0.6 is 12.4 Å². The second kappa shape index (κ2) is 9.78. The maximum absolute atomic E-state index is 12.7. The van der Waals surface area contributed by atoms with Crippen molar-refractivity contribution in [1.82, 2.24) is 14.5 Å². The van der Waals surface area contributed by atoms with Gasteiger partial charge in [0.05, 0.1) is 11.0 Å². The Morgan fingerprint density at radius 2 is 1.62 bits per heavy atom. The molecule has 6 nitrogen and oxygen atoms in total. The average molecular weight is 383 g/mol. The van der Waals surface area contributed by atoms with Crippen LogP contribution in [0.1, 0.15) is 46.5 Å². The van der Waals surface area contributed by atoms with Crippen LogP contribution in [0.2, 0.25) is 0 Å². The zero-order valence-corrected chi connectivity index (χ0v) is 16.8. The largest absolute Gasteiger partial charge is 0.354 e. The van der Waals surface area contributed by atoms with Crippen LogP contribution in [0.25, 0.3) is 11.0 Å². The van der Waals surface area contributed by atoms with Gasteiger partial charge in [-0.05, 0) is 31.4 Å². The normalized spacial score (nSPS) is 11.4. The molecule has 2 rings (SSSR count). The van der Waals surface area contributed by atoms with Crippen molar-refractivity contribution in [2.45, 2.75) is 65.1 Å². The third kappa shape index (κ3) is 4.89. The Kier molecular flexibility index (Phi) is 8.37. The minimum Gasteiger partial charge on any atom is -0.354 e. The van der Waals surface area contributed by atoms with Crippen molar-refractivity contribution >= 4 is 29.3 Å². The second-order valence-corrected chi connectivity index (χ2v) is 6.67. The smallest absolute Gasteiger partial charge is 0.329 e. The monoisotopic (exact) mass is 382 g/mol. The first-order chi connectivity index (χ1) is 12.0. The fourth-order valence-corrected chi connectivity index (χ4v) is 3.00. The van der Waals surface area contributed by atoms with E-state index in [2.05, 4.69) is 5.32 Å². The molecule has 0 atom stereocenters. The molecule has 0 spiro atoms. The molecule has 0 radical (unpaired) electrons. The van der Waals surface area contributed by atoms with Gasteiger partial charge < -0.3 is 11.1 Å². The highest BCUT2D eigenvalue weighted by Crippen LogP contribution is 2.14. The van der Waals surface area contributed by atoms with Gasteiger partial charge in [0, 0.05) is 31.6 Å². The third-order valence-corrected chi connectivity index (χ3v) is 4.98. The lowest BCUT2D eigenvalue weighted by Gasteiger charge is -2.26. The number of benzene rings is 1. The van der Waals surface area contributed by atoms with E-state index in [9.17, 15) is 9.59 Å². The molecule has 0 saturated heterocycles. The van der Waals surface area contributed by atoms with Crippen molar-refractivity contribution in [2.24, 2.45) is 5.73 Å².